The zero-order valence-electron chi connectivity index (χ0n) is 24.3. The number of fused-ring (bicyclic) bond motifs is 3. The van der Waals surface area contributed by atoms with Gasteiger partial charge >= 0.3 is 0 Å². The number of hydrogen-bond donors (Lipinski definition) is 0. The molecule has 1 aliphatic heterocycles. The molecule has 0 amide bonds. The molecule has 7 aromatic rings. The molecule has 5 nitrogen and oxygen atoms in total. The minimum atomic E-state index is 0. The van der Waals surface area contributed by atoms with Crippen molar-refractivity contribution < 1.29 is 30.4 Å². The maximum atomic E-state index is 6.42. The monoisotopic (exact) mass is 741 g/mol. The van der Waals surface area contributed by atoms with Gasteiger partial charge in [-0.3, -0.25) is 0 Å². The van der Waals surface area contributed by atoms with Gasteiger partial charge in [0.2, 0.25) is 6.33 Å². The number of para-hydroxylation sites is 2. The molecule has 0 unspecified atom stereocenters. The third-order valence-electron chi connectivity index (χ3n) is 8.27. The second kappa shape index (κ2) is 10.5. The Hall–Kier alpha value is -4.21. The molecule has 0 radical (unpaired) electrons. The molecular weight excluding hydrogens is 712 g/mol. The fourth-order valence-corrected chi connectivity index (χ4v) is 6.19. The normalized spacial score (nSPS) is 13.0. The zero-order valence-corrected chi connectivity index (χ0v) is 26.6. The van der Waals surface area contributed by atoms with Gasteiger partial charge in [0, 0.05) is 44.3 Å². The number of hydrogen-bond acceptors (Lipinski definition) is 2. The Morgan fingerprint density at radius 3 is 2.53 bits per heavy atom. The largest absolute Gasteiger partial charge is 0.510 e. The molecule has 0 saturated heterocycles. The Morgan fingerprint density at radius 2 is 1.65 bits per heavy atom. The van der Waals surface area contributed by atoms with Crippen molar-refractivity contribution in [1.82, 2.24) is 14.1 Å². The molecule has 0 N–H and O–H groups in total. The van der Waals surface area contributed by atoms with E-state index in [0.29, 0.717) is 11.5 Å². The molecule has 0 atom stereocenters. The molecule has 216 valence electrons. The topological polar surface area (TPSA) is 35.9 Å². The van der Waals surface area contributed by atoms with E-state index >= 15 is 0 Å². The van der Waals surface area contributed by atoms with Crippen molar-refractivity contribution in [2.24, 2.45) is 0 Å². The van der Waals surface area contributed by atoms with Crippen LogP contribution in [0, 0.1) is 18.5 Å². The van der Waals surface area contributed by atoms with E-state index in [4.69, 9.17) is 9.72 Å². The molecule has 0 spiro atoms. The molecular formula is C37H30N4OPt-2. The summed E-state index contributed by atoms with van der Waals surface area (Å²) >= 11 is 0. The van der Waals surface area contributed by atoms with E-state index in [0.717, 1.165) is 58.2 Å². The quantitative estimate of drug-likeness (QED) is 0.136. The molecule has 3 aromatic heterocycles. The summed E-state index contributed by atoms with van der Waals surface area (Å²) in [6.45, 7) is 7.65. The van der Waals surface area contributed by atoms with Crippen LogP contribution in [-0.4, -0.2) is 14.1 Å². The second-order valence-electron chi connectivity index (χ2n) is 12.1. The van der Waals surface area contributed by atoms with Gasteiger partial charge in [-0.2, -0.15) is 18.2 Å². The number of imidazole rings is 1. The summed E-state index contributed by atoms with van der Waals surface area (Å²) in [6, 6.07) is 36.4. The fraction of sp³-hybridized carbons (Fsp3) is 0.189. The predicted octanol–water partition coefficient (Wildman–Crippen LogP) is 7.84. The number of benzene rings is 4. The number of pyridine rings is 1. The van der Waals surface area contributed by atoms with Gasteiger partial charge in [-0.05, 0) is 53.0 Å². The third-order valence-corrected chi connectivity index (χ3v) is 8.27. The van der Waals surface area contributed by atoms with Crippen molar-refractivity contribution in [3.8, 4) is 23.0 Å². The molecule has 0 fully saturated rings. The van der Waals surface area contributed by atoms with Gasteiger partial charge in [-0.25, -0.2) is 4.98 Å². The van der Waals surface area contributed by atoms with Crippen molar-refractivity contribution >= 4 is 32.8 Å². The number of aromatic nitrogens is 4. The van der Waals surface area contributed by atoms with E-state index in [9.17, 15) is 0 Å². The van der Waals surface area contributed by atoms with Gasteiger partial charge in [-0.1, -0.05) is 68.4 Å². The first-order valence-corrected chi connectivity index (χ1v) is 14.5. The van der Waals surface area contributed by atoms with Crippen LogP contribution in [0.5, 0.6) is 11.5 Å². The molecule has 0 saturated carbocycles. The molecule has 1 aliphatic rings. The molecule has 0 bridgehead atoms. The summed E-state index contributed by atoms with van der Waals surface area (Å²) in [5.41, 5.74) is 7.94. The van der Waals surface area contributed by atoms with Crippen LogP contribution in [-0.2, 0) is 39.4 Å². The number of nitrogens with zero attached hydrogens (tertiary/aromatic N) is 4. The number of rotatable bonds is 4. The van der Waals surface area contributed by atoms with Crippen LogP contribution in [0.4, 0.5) is 0 Å². The summed E-state index contributed by atoms with van der Waals surface area (Å²) in [7, 11) is 0. The molecule has 0 aliphatic carbocycles. The van der Waals surface area contributed by atoms with Crippen LogP contribution in [0.15, 0.2) is 91.1 Å². The van der Waals surface area contributed by atoms with Gasteiger partial charge in [0.15, 0.2) is 0 Å². The van der Waals surface area contributed by atoms with Gasteiger partial charge in [-0.15, -0.1) is 29.7 Å². The van der Waals surface area contributed by atoms with Crippen LogP contribution >= 0.6 is 0 Å². The van der Waals surface area contributed by atoms with Gasteiger partial charge < -0.3 is 18.4 Å². The Morgan fingerprint density at radius 1 is 0.837 bits per heavy atom. The Kier molecular flexibility index (Phi) is 6.74. The summed E-state index contributed by atoms with van der Waals surface area (Å²) in [4.78, 5) is 4.79. The first kappa shape index (κ1) is 27.6. The van der Waals surface area contributed by atoms with Crippen LogP contribution in [0.2, 0.25) is 0 Å². The molecule has 8 rings (SSSR count). The van der Waals surface area contributed by atoms with E-state index in [1.165, 1.54) is 16.6 Å². The third kappa shape index (κ3) is 4.67. The summed E-state index contributed by atoms with van der Waals surface area (Å²) in [6.07, 6.45) is 7.68. The van der Waals surface area contributed by atoms with Crippen molar-refractivity contribution in [2.45, 2.75) is 45.6 Å². The number of ether oxygens (including phenoxy) is 1. The minimum Gasteiger partial charge on any atom is -0.510 e. The Balaban J connectivity index is 0.00000300. The minimum absolute atomic E-state index is 0. The van der Waals surface area contributed by atoms with Crippen molar-refractivity contribution in [1.29, 1.82) is 0 Å². The summed E-state index contributed by atoms with van der Waals surface area (Å²) < 4.78 is 12.9. The van der Waals surface area contributed by atoms with Crippen molar-refractivity contribution in [3.63, 3.8) is 0 Å². The fourth-order valence-electron chi connectivity index (χ4n) is 6.19. The van der Waals surface area contributed by atoms with Gasteiger partial charge in [0.25, 0.3) is 0 Å². The van der Waals surface area contributed by atoms with Crippen LogP contribution in [0.25, 0.3) is 44.3 Å². The van der Waals surface area contributed by atoms with E-state index in [-0.39, 0.29) is 26.5 Å². The molecule has 4 aromatic carbocycles. The average Bonchev–Trinajstić information content (AvgIpc) is 3.54. The maximum Gasteiger partial charge on any atom is 0.242 e. The average molecular weight is 742 g/mol. The van der Waals surface area contributed by atoms with Crippen molar-refractivity contribution in [3.05, 3.63) is 121 Å². The molecule has 43 heavy (non-hydrogen) atoms. The van der Waals surface area contributed by atoms with Gasteiger partial charge in [0.05, 0.1) is 17.6 Å². The second-order valence-corrected chi connectivity index (χ2v) is 12.1. The van der Waals surface area contributed by atoms with E-state index in [1.807, 2.05) is 24.4 Å². The van der Waals surface area contributed by atoms with E-state index < -0.39 is 0 Å². The smallest absolute Gasteiger partial charge is 0.242 e. The molecule has 6 heteroatoms. The van der Waals surface area contributed by atoms with Crippen LogP contribution in [0.1, 0.15) is 38.3 Å². The number of aryl methyl sites for hydroxylation is 2. The standard InChI is InChI=1S/C37H30N4O.Pt/c1-37(2,3)26-18-19-38-35(21-26)41-32-14-5-4-13-30(32)31-17-16-29(23-34(31)41)42-28-12-7-11-27(22-28)40-24-39-20-8-10-25-9-6-15-33(40)36(25)39;/h4-7,9,11-19,21H,8,10,20H2,1-3H3;/q-2;. The van der Waals surface area contributed by atoms with Crippen molar-refractivity contribution in [2.75, 3.05) is 0 Å². The summed E-state index contributed by atoms with van der Waals surface area (Å²) in [5, 5.41) is 2.27. The molecule has 4 heterocycles. The SMILES string of the molecule is CC(C)(C)c1ccnc(-n2c3[c-]c(Oc4[c-]c(-n5[c-][n+]6c7c(cccc75)CCC6)ccc4)ccc3c3ccccc32)c1.[Pt]. The first-order chi connectivity index (χ1) is 20.4. The Labute approximate surface area is 265 Å². The van der Waals surface area contributed by atoms with Crippen LogP contribution in [0.3, 0.4) is 0 Å². The van der Waals surface area contributed by atoms with E-state index in [2.05, 4.69) is 120 Å². The van der Waals surface area contributed by atoms with Gasteiger partial charge in [0.1, 0.15) is 5.82 Å². The Bertz CT molecular complexity index is 2150. The zero-order chi connectivity index (χ0) is 28.4. The first-order valence-electron chi connectivity index (χ1n) is 14.5. The van der Waals surface area contributed by atoms with E-state index in [1.54, 1.807) is 0 Å². The predicted molar refractivity (Wildman–Crippen MR) is 166 cm³/mol. The summed E-state index contributed by atoms with van der Waals surface area (Å²) in [5.74, 6) is 2.13. The van der Waals surface area contributed by atoms with Crippen LogP contribution < -0.4 is 9.30 Å². The maximum absolute atomic E-state index is 6.42.